The van der Waals surface area contributed by atoms with Crippen LogP contribution in [0.1, 0.15) is 5.56 Å². The molecule has 0 unspecified atom stereocenters. The van der Waals surface area contributed by atoms with E-state index >= 15 is 0 Å². The number of benzene rings is 2. The summed E-state index contributed by atoms with van der Waals surface area (Å²) in [5, 5.41) is 6.76. The van der Waals surface area contributed by atoms with Crippen LogP contribution in [0.4, 0.5) is 10.1 Å². The molecule has 118 valence electrons. The fourth-order valence-electron chi connectivity index (χ4n) is 1.54. The Morgan fingerprint density at radius 1 is 1.04 bits per heavy atom. The van der Waals surface area contributed by atoms with Gasteiger partial charge < -0.3 is 5.32 Å². The van der Waals surface area contributed by atoms with Crippen LogP contribution >= 0.6 is 23.2 Å². The van der Waals surface area contributed by atoms with E-state index in [2.05, 4.69) is 15.8 Å². The van der Waals surface area contributed by atoms with Gasteiger partial charge in [0.2, 0.25) is 0 Å². The Kier molecular flexibility index (Phi) is 5.67. The summed E-state index contributed by atoms with van der Waals surface area (Å²) in [4.78, 5) is 23.2. The zero-order valence-corrected chi connectivity index (χ0v) is 13.0. The molecule has 0 aliphatic rings. The van der Waals surface area contributed by atoms with E-state index in [1.807, 2.05) is 0 Å². The lowest BCUT2D eigenvalue weighted by molar-refractivity contribution is -0.136. The van der Waals surface area contributed by atoms with E-state index < -0.39 is 17.6 Å². The molecular weight excluding hydrogens is 344 g/mol. The molecule has 0 aliphatic carbocycles. The first-order valence-corrected chi connectivity index (χ1v) is 7.06. The van der Waals surface area contributed by atoms with Gasteiger partial charge in [-0.15, -0.1) is 0 Å². The molecule has 0 aromatic heterocycles. The fraction of sp³-hybridized carbons (Fsp3) is 0. The van der Waals surface area contributed by atoms with Crippen molar-refractivity contribution in [3.8, 4) is 0 Å². The molecule has 2 aromatic carbocycles. The van der Waals surface area contributed by atoms with Crippen LogP contribution in [0, 0.1) is 5.82 Å². The van der Waals surface area contributed by atoms with Gasteiger partial charge in [-0.25, -0.2) is 9.82 Å². The molecule has 23 heavy (non-hydrogen) atoms. The van der Waals surface area contributed by atoms with Gasteiger partial charge in [0.1, 0.15) is 5.82 Å². The maximum absolute atomic E-state index is 12.7. The number of hydrogen-bond acceptors (Lipinski definition) is 3. The number of nitrogens with one attached hydrogen (secondary N) is 2. The highest BCUT2D eigenvalue weighted by atomic mass is 35.5. The zero-order chi connectivity index (χ0) is 16.8. The quantitative estimate of drug-likeness (QED) is 0.505. The SMILES string of the molecule is O=C(N/N=C/c1ccc(Cl)cc1Cl)C(=O)Nc1ccc(F)cc1. The molecule has 2 amide bonds. The van der Waals surface area contributed by atoms with Crippen LogP contribution in [0.15, 0.2) is 47.6 Å². The molecule has 0 aliphatic heterocycles. The Morgan fingerprint density at radius 2 is 1.74 bits per heavy atom. The topological polar surface area (TPSA) is 70.6 Å². The van der Waals surface area contributed by atoms with E-state index in [0.717, 1.165) is 12.1 Å². The summed E-state index contributed by atoms with van der Waals surface area (Å²) in [6, 6.07) is 9.72. The number of anilines is 1. The average molecular weight is 354 g/mol. The van der Waals surface area contributed by atoms with E-state index in [4.69, 9.17) is 23.2 Å². The molecule has 5 nitrogen and oxygen atoms in total. The molecule has 0 saturated heterocycles. The summed E-state index contributed by atoms with van der Waals surface area (Å²) < 4.78 is 12.7. The third-order valence-corrected chi connectivity index (χ3v) is 3.20. The standard InChI is InChI=1S/C15H10Cl2FN3O2/c16-10-2-1-9(13(17)7-10)8-19-21-15(23)14(22)20-12-5-3-11(18)4-6-12/h1-8H,(H,20,22)(H,21,23)/b19-8+. The summed E-state index contributed by atoms with van der Waals surface area (Å²) in [7, 11) is 0. The van der Waals surface area contributed by atoms with E-state index in [1.165, 1.54) is 24.4 Å². The van der Waals surface area contributed by atoms with E-state index in [0.29, 0.717) is 15.6 Å². The molecule has 0 heterocycles. The second-order valence-electron chi connectivity index (χ2n) is 4.33. The van der Waals surface area contributed by atoms with E-state index in [-0.39, 0.29) is 5.69 Å². The fourth-order valence-corrected chi connectivity index (χ4v) is 2.00. The minimum absolute atomic E-state index is 0.288. The number of halogens is 3. The molecule has 0 saturated carbocycles. The van der Waals surface area contributed by atoms with Gasteiger partial charge >= 0.3 is 11.8 Å². The smallest absolute Gasteiger partial charge is 0.318 e. The Hall–Kier alpha value is -2.44. The van der Waals surface area contributed by atoms with Crippen molar-refractivity contribution < 1.29 is 14.0 Å². The first-order chi connectivity index (χ1) is 11.0. The Morgan fingerprint density at radius 3 is 2.39 bits per heavy atom. The van der Waals surface area contributed by atoms with Crippen LogP contribution in [0.5, 0.6) is 0 Å². The molecule has 2 aromatic rings. The molecule has 2 N–H and O–H groups in total. The summed E-state index contributed by atoms with van der Waals surface area (Å²) >= 11 is 11.7. The first kappa shape index (κ1) is 16.9. The van der Waals surface area contributed by atoms with Gasteiger partial charge in [-0.05, 0) is 36.4 Å². The number of carbonyl (C=O) groups excluding carboxylic acids is 2. The summed E-state index contributed by atoms with van der Waals surface area (Å²) in [6.07, 6.45) is 1.28. The highest BCUT2D eigenvalue weighted by Gasteiger charge is 2.12. The molecule has 2 rings (SSSR count). The lowest BCUT2D eigenvalue weighted by Gasteiger charge is -2.03. The minimum atomic E-state index is -0.976. The summed E-state index contributed by atoms with van der Waals surface area (Å²) in [5.74, 6) is -2.36. The second-order valence-corrected chi connectivity index (χ2v) is 5.17. The van der Waals surface area contributed by atoms with Gasteiger partial charge in [0.05, 0.1) is 11.2 Å². The average Bonchev–Trinajstić information content (AvgIpc) is 2.51. The number of amides is 2. The number of hydrazone groups is 1. The molecule has 0 fully saturated rings. The van der Waals surface area contributed by atoms with Crippen molar-refractivity contribution in [3.63, 3.8) is 0 Å². The van der Waals surface area contributed by atoms with Crippen molar-refractivity contribution in [2.24, 2.45) is 5.10 Å². The molecule has 0 bridgehead atoms. The van der Waals surface area contributed by atoms with Gasteiger partial charge in [0.15, 0.2) is 0 Å². The van der Waals surface area contributed by atoms with Crippen molar-refractivity contribution in [2.45, 2.75) is 0 Å². The van der Waals surface area contributed by atoms with Crippen LogP contribution in [-0.2, 0) is 9.59 Å². The van der Waals surface area contributed by atoms with Crippen LogP contribution in [0.2, 0.25) is 10.0 Å². The van der Waals surface area contributed by atoms with Gasteiger partial charge in [-0.1, -0.05) is 29.3 Å². The third kappa shape index (κ3) is 5.05. The van der Waals surface area contributed by atoms with Crippen molar-refractivity contribution >= 4 is 46.9 Å². The molecule has 0 atom stereocenters. The van der Waals surface area contributed by atoms with E-state index in [1.54, 1.807) is 12.1 Å². The monoisotopic (exact) mass is 353 g/mol. The predicted octanol–water partition coefficient (Wildman–Crippen LogP) is 3.22. The predicted molar refractivity (Wildman–Crippen MR) is 87.2 cm³/mol. The first-order valence-electron chi connectivity index (χ1n) is 6.31. The number of hydrogen-bond donors (Lipinski definition) is 2. The molecule has 0 spiro atoms. The summed E-state index contributed by atoms with van der Waals surface area (Å²) in [6.45, 7) is 0. The molecular formula is C15H10Cl2FN3O2. The highest BCUT2D eigenvalue weighted by molar-refractivity contribution is 6.39. The lowest BCUT2D eigenvalue weighted by atomic mass is 10.2. The third-order valence-electron chi connectivity index (χ3n) is 2.64. The lowest BCUT2D eigenvalue weighted by Crippen LogP contribution is -2.32. The number of carbonyl (C=O) groups is 2. The highest BCUT2D eigenvalue weighted by Crippen LogP contribution is 2.19. The maximum Gasteiger partial charge on any atom is 0.329 e. The van der Waals surface area contributed by atoms with Crippen LogP contribution in [0.3, 0.4) is 0 Å². The van der Waals surface area contributed by atoms with Crippen molar-refractivity contribution in [3.05, 3.63) is 63.9 Å². The van der Waals surface area contributed by atoms with Crippen LogP contribution in [-0.4, -0.2) is 18.0 Å². The van der Waals surface area contributed by atoms with Crippen LogP contribution < -0.4 is 10.7 Å². The van der Waals surface area contributed by atoms with Crippen molar-refractivity contribution in [1.82, 2.24) is 5.43 Å². The largest absolute Gasteiger partial charge is 0.329 e. The maximum atomic E-state index is 12.7. The van der Waals surface area contributed by atoms with Gasteiger partial charge in [0.25, 0.3) is 0 Å². The van der Waals surface area contributed by atoms with Crippen molar-refractivity contribution in [2.75, 3.05) is 5.32 Å². The molecule has 8 heteroatoms. The van der Waals surface area contributed by atoms with Gasteiger partial charge in [-0.2, -0.15) is 5.10 Å². The van der Waals surface area contributed by atoms with Gasteiger partial charge in [0, 0.05) is 16.3 Å². The van der Waals surface area contributed by atoms with Crippen molar-refractivity contribution in [1.29, 1.82) is 0 Å². The summed E-state index contributed by atoms with van der Waals surface area (Å²) in [5.41, 5.74) is 2.87. The van der Waals surface area contributed by atoms with E-state index in [9.17, 15) is 14.0 Å². The zero-order valence-electron chi connectivity index (χ0n) is 11.5. The normalized spacial score (nSPS) is 10.6. The van der Waals surface area contributed by atoms with Gasteiger partial charge in [-0.3, -0.25) is 9.59 Å². The van der Waals surface area contributed by atoms with Crippen LogP contribution in [0.25, 0.3) is 0 Å². The Bertz CT molecular complexity index is 764. The molecule has 0 radical (unpaired) electrons. The minimum Gasteiger partial charge on any atom is -0.318 e. The second kappa shape index (κ2) is 7.71. The number of nitrogens with zero attached hydrogens (tertiary/aromatic N) is 1. The number of rotatable bonds is 3. The Labute approximate surface area is 141 Å². The Balaban J connectivity index is 1.92.